The number of hydrogen-bond acceptors (Lipinski definition) is 4. The Hall–Kier alpha value is -2.24. The maximum absolute atomic E-state index is 12.1. The van der Waals surface area contributed by atoms with E-state index in [4.69, 9.17) is 0 Å². The summed E-state index contributed by atoms with van der Waals surface area (Å²) in [5, 5.41) is 30.7. The Kier molecular flexibility index (Phi) is 3.57. The molecule has 6 nitrogen and oxygen atoms in total. The zero-order chi connectivity index (χ0) is 14.9. The molecular formula is C14H17NO5. The van der Waals surface area contributed by atoms with Gasteiger partial charge in [0.2, 0.25) is 0 Å². The molecule has 0 bridgehead atoms. The number of carboxylic acid groups (broad SMARTS) is 1. The first-order valence-electron chi connectivity index (χ1n) is 6.40. The number of benzene rings is 1. The topological polar surface area (TPSA) is 107 Å². The number of carbonyl (C=O) groups excluding carboxylic acids is 1. The third kappa shape index (κ3) is 2.54. The van der Waals surface area contributed by atoms with Crippen LogP contribution in [-0.4, -0.2) is 33.2 Å². The van der Waals surface area contributed by atoms with Crippen LogP contribution in [0.25, 0.3) is 0 Å². The highest BCUT2D eigenvalue weighted by Gasteiger charge is 2.45. The monoisotopic (exact) mass is 279 g/mol. The Bertz CT molecular complexity index is 536. The minimum absolute atomic E-state index is 0.0992. The molecule has 0 saturated heterocycles. The Morgan fingerprint density at radius 3 is 2.40 bits per heavy atom. The van der Waals surface area contributed by atoms with Crippen molar-refractivity contribution in [3.8, 4) is 11.5 Å². The standard InChI is InChI=1S/C14H17NO5/c1-14(13(19)20)4-2-3-11(14)15-12(18)8-5-9(16)7-10(17)6-8/h5-7,11,16-17H,2-4H2,1H3,(H,15,18)(H,19,20). The number of aliphatic carboxylic acids is 1. The van der Waals surface area contributed by atoms with Crippen LogP contribution in [0.3, 0.4) is 0 Å². The molecule has 0 spiro atoms. The van der Waals surface area contributed by atoms with Gasteiger partial charge >= 0.3 is 5.97 Å². The van der Waals surface area contributed by atoms with Crippen molar-refractivity contribution in [2.45, 2.75) is 32.2 Å². The van der Waals surface area contributed by atoms with E-state index >= 15 is 0 Å². The summed E-state index contributed by atoms with van der Waals surface area (Å²) in [6.07, 6.45) is 1.84. The second-order valence-corrected chi connectivity index (χ2v) is 5.38. The van der Waals surface area contributed by atoms with Gasteiger partial charge in [0, 0.05) is 17.7 Å². The van der Waals surface area contributed by atoms with Gasteiger partial charge in [-0.05, 0) is 31.9 Å². The summed E-state index contributed by atoms with van der Waals surface area (Å²) in [5.41, 5.74) is -0.878. The smallest absolute Gasteiger partial charge is 0.311 e. The fourth-order valence-corrected chi connectivity index (χ4v) is 2.62. The first kappa shape index (κ1) is 14.2. The fourth-order valence-electron chi connectivity index (χ4n) is 2.62. The van der Waals surface area contributed by atoms with E-state index in [0.29, 0.717) is 12.8 Å². The minimum Gasteiger partial charge on any atom is -0.508 e. The number of amides is 1. The van der Waals surface area contributed by atoms with Crippen LogP contribution < -0.4 is 5.32 Å². The minimum atomic E-state index is -0.978. The summed E-state index contributed by atoms with van der Waals surface area (Å²) >= 11 is 0. The van der Waals surface area contributed by atoms with E-state index in [1.165, 1.54) is 12.1 Å². The van der Waals surface area contributed by atoms with Gasteiger partial charge in [0.1, 0.15) is 11.5 Å². The van der Waals surface area contributed by atoms with Gasteiger partial charge in [0.25, 0.3) is 5.91 Å². The van der Waals surface area contributed by atoms with Crippen molar-refractivity contribution in [2.75, 3.05) is 0 Å². The predicted octanol–water partition coefficient (Wildman–Crippen LogP) is 1.47. The maximum atomic E-state index is 12.1. The van der Waals surface area contributed by atoms with E-state index in [1.54, 1.807) is 6.92 Å². The predicted molar refractivity (Wildman–Crippen MR) is 70.6 cm³/mol. The van der Waals surface area contributed by atoms with Crippen molar-refractivity contribution in [3.05, 3.63) is 23.8 Å². The van der Waals surface area contributed by atoms with Gasteiger partial charge in [0.05, 0.1) is 5.41 Å². The number of carboxylic acids is 1. The highest BCUT2D eigenvalue weighted by molar-refractivity contribution is 5.95. The van der Waals surface area contributed by atoms with Crippen LogP contribution in [0.15, 0.2) is 18.2 Å². The second kappa shape index (κ2) is 5.03. The molecule has 0 aromatic heterocycles. The summed E-state index contributed by atoms with van der Waals surface area (Å²) in [5.74, 6) is -1.88. The zero-order valence-electron chi connectivity index (χ0n) is 11.1. The first-order valence-corrected chi connectivity index (χ1v) is 6.40. The number of rotatable bonds is 3. The molecule has 0 heterocycles. The first-order chi connectivity index (χ1) is 9.33. The van der Waals surface area contributed by atoms with Gasteiger partial charge in [-0.15, -0.1) is 0 Å². The van der Waals surface area contributed by atoms with E-state index in [1.807, 2.05) is 0 Å². The largest absolute Gasteiger partial charge is 0.508 e. The van der Waals surface area contributed by atoms with Gasteiger partial charge in [-0.1, -0.05) is 6.42 Å². The highest BCUT2D eigenvalue weighted by Crippen LogP contribution is 2.38. The normalized spacial score (nSPS) is 25.4. The molecule has 1 aromatic carbocycles. The van der Waals surface area contributed by atoms with E-state index < -0.39 is 23.3 Å². The highest BCUT2D eigenvalue weighted by atomic mass is 16.4. The molecule has 108 valence electrons. The molecule has 1 amide bonds. The number of nitrogens with one attached hydrogen (secondary N) is 1. The van der Waals surface area contributed by atoms with Crippen LogP contribution in [-0.2, 0) is 4.79 Å². The lowest BCUT2D eigenvalue weighted by atomic mass is 9.85. The molecule has 2 rings (SSSR count). The van der Waals surface area contributed by atoms with Crippen LogP contribution >= 0.6 is 0 Å². The molecule has 0 radical (unpaired) electrons. The second-order valence-electron chi connectivity index (χ2n) is 5.38. The molecule has 2 atom stereocenters. The molecule has 2 unspecified atom stereocenters. The average molecular weight is 279 g/mol. The Morgan fingerprint density at radius 2 is 1.85 bits per heavy atom. The Balaban J connectivity index is 2.17. The van der Waals surface area contributed by atoms with Gasteiger partial charge in [-0.2, -0.15) is 0 Å². The van der Waals surface area contributed by atoms with Crippen molar-refractivity contribution in [1.29, 1.82) is 0 Å². The molecule has 1 aromatic rings. The van der Waals surface area contributed by atoms with Crippen molar-refractivity contribution in [3.63, 3.8) is 0 Å². The van der Waals surface area contributed by atoms with E-state index in [0.717, 1.165) is 12.5 Å². The van der Waals surface area contributed by atoms with Crippen LogP contribution in [0.5, 0.6) is 11.5 Å². The van der Waals surface area contributed by atoms with E-state index in [9.17, 15) is 24.9 Å². The molecule has 6 heteroatoms. The average Bonchev–Trinajstić information content (AvgIpc) is 2.71. The number of carbonyl (C=O) groups is 2. The maximum Gasteiger partial charge on any atom is 0.311 e. The number of aromatic hydroxyl groups is 2. The number of phenolic OH excluding ortho intramolecular Hbond substituents is 2. The fraction of sp³-hybridized carbons (Fsp3) is 0.429. The van der Waals surface area contributed by atoms with Crippen LogP contribution in [0.4, 0.5) is 0 Å². The number of phenols is 2. The number of hydrogen-bond donors (Lipinski definition) is 4. The molecule has 1 saturated carbocycles. The molecule has 1 fully saturated rings. The SMILES string of the molecule is CC1(C(=O)O)CCCC1NC(=O)c1cc(O)cc(O)c1. The molecular weight excluding hydrogens is 262 g/mol. The summed E-state index contributed by atoms with van der Waals surface area (Å²) in [7, 11) is 0. The lowest BCUT2D eigenvalue weighted by Gasteiger charge is -2.27. The zero-order valence-corrected chi connectivity index (χ0v) is 11.1. The molecule has 1 aliphatic carbocycles. The van der Waals surface area contributed by atoms with Crippen molar-refractivity contribution in [2.24, 2.45) is 5.41 Å². The summed E-state index contributed by atoms with van der Waals surface area (Å²) in [4.78, 5) is 23.4. The van der Waals surface area contributed by atoms with Crippen LogP contribution in [0.2, 0.25) is 0 Å². The van der Waals surface area contributed by atoms with Crippen LogP contribution in [0.1, 0.15) is 36.5 Å². The van der Waals surface area contributed by atoms with Crippen LogP contribution in [0, 0.1) is 5.41 Å². The lowest BCUT2D eigenvalue weighted by molar-refractivity contribution is -0.148. The van der Waals surface area contributed by atoms with Gasteiger partial charge in [-0.25, -0.2) is 0 Å². The van der Waals surface area contributed by atoms with Gasteiger partial charge in [-0.3, -0.25) is 9.59 Å². The summed E-state index contributed by atoms with van der Waals surface area (Å²) in [6.45, 7) is 1.62. The summed E-state index contributed by atoms with van der Waals surface area (Å²) < 4.78 is 0. The van der Waals surface area contributed by atoms with Crippen molar-refractivity contribution < 1.29 is 24.9 Å². The molecule has 1 aliphatic rings. The molecule has 20 heavy (non-hydrogen) atoms. The van der Waals surface area contributed by atoms with E-state index in [2.05, 4.69) is 5.32 Å². The third-order valence-corrected chi connectivity index (χ3v) is 3.92. The van der Waals surface area contributed by atoms with Crippen molar-refractivity contribution in [1.82, 2.24) is 5.32 Å². The Labute approximate surface area is 116 Å². The van der Waals surface area contributed by atoms with Crippen molar-refractivity contribution >= 4 is 11.9 Å². The third-order valence-electron chi connectivity index (χ3n) is 3.92. The molecule has 0 aliphatic heterocycles. The lowest BCUT2D eigenvalue weighted by Crippen LogP contribution is -2.47. The van der Waals surface area contributed by atoms with Gasteiger partial charge < -0.3 is 20.6 Å². The summed E-state index contributed by atoms with van der Waals surface area (Å²) in [6, 6.07) is 3.11. The quantitative estimate of drug-likeness (QED) is 0.670. The molecule has 4 N–H and O–H groups in total. The Morgan fingerprint density at radius 1 is 1.25 bits per heavy atom. The van der Waals surface area contributed by atoms with Gasteiger partial charge in [0.15, 0.2) is 0 Å². The van der Waals surface area contributed by atoms with E-state index in [-0.39, 0.29) is 17.1 Å².